The number of benzene rings is 1. The molecule has 0 unspecified atom stereocenters. The number of hydrogen-bond donors (Lipinski definition) is 0. The van der Waals surface area contributed by atoms with Crippen LogP contribution in [0.2, 0.25) is 0 Å². The Hall–Kier alpha value is -2.40. The molecule has 2 aliphatic heterocycles. The summed E-state index contributed by atoms with van der Waals surface area (Å²) in [5.74, 6) is 1.33. The zero-order valence-electron chi connectivity index (χ0n) is 16.0. The topological polar surface area (TPSA) is 51.7 Å². The van der Waals surface area contributed by atoms with Crippen LogP contribution in [0.3, 0.4) is 0 Å². The molecule has 3 heterocycles. The second-order valence-corrected chi connectivity index (χ2v) is 7.68. The van der Waals surface area contributed by atoms with E-state index >= 15 is 0 Å². The lowest BCUT2D eigenvalue weighted by Crippen LogP contribution is -2.66. The zero-order valence-corrected chi connectivity index (χ0v) is 16.0. The lowest BCUT2D eigenvalue weighted by Gasteiger charge is -2.50. The average molecular weight is 366 g/mol. The minimum atomic E-state index is -0.187. The van der Waals surface area contributed by atoms with Crippen LogP contribution >= 0.6 is 0 Å². The van der Waals surface area contributed by atoms with Crippen LogP contribution in [0.1, 0.15) is 34.3 Å². The molecule has 142 valence electrons. The number of aryl methyl sites for hydroxylation is 2. The highest BCUT2D eigenvalue weighted by Crippen LogP contribution is 2.42. The number of hydrogen-bond acceptors (Lipinski definition) is 4. The number of carbonyl (C=O) groups excluding carboxylic acids is 1. The average Bonchev–Trinajstić information content (AvgIpc) is 3.07. The summed E-state index contributed by atoms with van der Waals surface area (Å²) in [6.45, 7) is 6.87. The summed E-state index contributed by atoms with van der Waals surface area (Å²) < 4.78 is 11.9. The molecule has 0 bridgehead atoms. The first kappa shape index (κ1) is 18.0. The van der Waals surface area contributed by atoms with E-state index in [1.54, 1.807) is 12.4 Å². The first-order chi connectivity index (χ1) is 13.1. The standard InChI is InChI=1S/C22H26N2O3/c1-16-5-6-18(12-17(16)2)21(25)24-14-22(15-24)19(8-11-27-22)7-10-26-20-4-3-9-23-13-20/h3-6,9,12-13,19H,7-8,10-11,14-15H2,1-2H3/t19-/m1/s1. The summed E-state index contributed by atoms with van der Waals surface area (Å²) >= 11 is 0. The molecule has 0 radical (unpaired) electrons. The molecular weight excluding hydrogens is 340 g/mol. The first-order valence-electron chi connectivity index (χ1n) is 9.61. The summed E-state index contributed by atoms with van der Waals surface area (Å²) in [5.41, 5.74) is 2.94. The van der Waals surface area contributed by atoms with Gasteiger partial charge < -0.3 is 14.4 Å². The molecule has 1 amide bonds. The van der Waals surface area contributed by atoms with E-state index in [0.717, 1.165) is 36.3 Å². The fourth-order valence-corrected chi connectivity index (χ4v) is 4.09. The van der Waals surface area contributed by atoms with Crippen molar-refractivity contribution in [2.75, 3.05) is 26.3 Å². The van der Waals surface area contributed by atoms with Gasteiger partial charge in [-0.25, -0.2) is 0 Å². The van der Waals surface area contributed by atoms with E-state index in [1.807, 2.05) is 42.2 Å². The number of aromatic nitrogens is 1. The van der Waals surface area contributed by atoms with Crippen LogP contribution < -0.4 is 4.74 Å². The van der Waals surface area contributed by atoms with Crippen molar-refractivity contribution in [3.8, 4) is 5.75 Å². The maximum atomic E-state index is 12.8. The van der Waals surface area contributed by atoms with Gasteiger partial charge in [0, 0.05) is 18.4 Å². The van der Waals surface area contributed by atoms with E-state index in [4.69, 9.17) is 9.47 Å². The highest BCUT2D eigenvalue weighted by Gasteiger charge is 2.54. The van der Waals surface area contributed by atoms with Crippen LogP contribution in [0.5, 0.6) is 5.75 Å². The van der Waals surface area contributed by atoms with Gasteiger partial charge in [-0.05, 0) is 68.0 Å². The van der Waals surface area contributed by atoms with E-state index in [-0.39, 0.29) is 11.5 Å². The molecule has 5 nitrogen and oxygen atoms in total. The van der Waals surface area contributed by atoms with Gasteiger partial charge in [0.2, 0.25) is 0 Å². The fourth-order valence-electron chi connectivity index (χ4n) is 4.09. The predicted octanol–water partition coefficient (Wildman–Crippen LogP) is 3.40. The third-order valence-electron chi connectivity index (χ3n) is 5.93. The smallest absolute Gasteiger partial charge is 0.254 e. The summed E-state index contributed by atoms with van der Waals surface area (Å²) in [5, 5.41) is 0. The van der Waals surface area contributed by atoms with Crippen molar-refractivity contribution in [3.05, 3.63) is 59.4 Å². The maximum Gasteiger partial charge on any atom is 0.254 e. The lowest BCUT2D eigenvalue weighted by atomic mass is 9.79. The van der Waals surface area contributed by atoms with Gasteiger partial charge in [-0.2, -0.15) is 0 Å². The molecule has 0 aliphatic carbocycles. The third kappa shape index (κ3) is 3.56. The molecule has 4 rings (SSSR count). The van der Waals surface area contributed by atoms with Crippen LogP contribution in [0.15, 0.2) is 42.7 Å². The lowest BCUT2D eigenvalue weighted by molar-refractivity contribution is -0.119. The van der Waals surface area contributed by atoms with Gasteiger partial charge in [0.25, 0.3) is 5.91 Å². The fraction of sp³-hybridized carbons (Fsp3) is 0.455. The number of amides is 1. The van der Waals surface area contributed by atoms with Gasteiger partial charge in [-0.15, -0.1) is 0 Å². The second-order valence-electron chi connectivity index (χ2n) is 7.68. The molecule has 2 saturated heterocycles. The summed E-state index contributed by atoms with van der Waals surface area (Å²) in [6, 6.07) is 9.71. The monoisotopic (exact) mass is 366 g/mol. The molecule has 0 saturated carbocycles. The van der Waals surface area contributed by atoms with E-state index < -0.39 is 0 Å². The Balaban J connectivity index is 1.33. The van der Waals surface area contributed by atoms with Crippen molar-refractivity contribution < 1.29 is 14.3 Å². The SMILES string of the molecule is Cc1ccc(C(=O)N2CC3(C2)OCC[C@H]3CCOc2cccnc2)cc1C. The Morgan fingerprint density at radius 1 is 1.30 bits per heavy atom. The van der Waals surface area contributed by atoms with Crippen molar-refractivity contribution in [3.63, 3.8) is 0 Å². The summed E-state index contributed by atoms with van der Waals surface area (Å²) in [7, 11) is 0. The first-order valence-corrected chi connectivity index (χ1v) is 9.61. The van der Waals surface area contributed by atoms with Gasteiger partial charge >= 0.3 is 0 Å². The van der Waals surface area contributed by atoms with Crippen LogP contribution in [-0.4, -0.2) is 47.7 Å². The van der Waals surface area contributed by atoms with Crippen LogP contribution in [0.4, 0.5) is 0 Å². The van der Waals surface area contributed by atoms with Gasteiger partial charge in [-0.1, -0.05) is 6.07 Å². The van der Waals surface area contributed by atoms with Gasteiger partial charge in [0.1, 0.15) is 11.4 Å². The minimum Gasteiger partial charge on any atom is -0.492 e. The van der Waals surface area contributed by atoms with Crippen LogP contribution in [0, 0.1) is 19.8 Å². The molecule has 1 aromatic heterocycles. The minimum absolute atomic E-state index is 0.101. The Bertz CT molecular complexity index is 816. The number of likely N-dealkylation sites (tertiary alicyclic amines) is 1. The normalized spacial score (nSPS) is 20.5. The molecule has 2 aromatic rings. The van der Waals surface area contributed by atoms with Crippen LogP contribution in [0.25, 0.3) is 0 Å². The summed E-state index contributed by atoms with van der Waals surface area (Å²) in [4.78, 5) is 18.7. The molecule has 1 atom stereocenters. The predicted molar refractivity (Wildman–Crippen MR) is 103 cm³/mol. The van der Waals surface area contributed by atoms with Crippen molar-refractivity contribution in [2.24, 2.45) is 5.92 Å². The largest absolute Gasteiger partial charge is 0.492 e. The highest BCUT2D eigenvalue weighted by atomic mass is 16.5. The van der Waals surface area contributed by atoms with E-state index in [0.29, 0.717) is 25.6 Å². The van der Waals surface area contributed by atoms with Crippen molar-refractivity contribution in [2.45, 2.75) is 32.3 Å². The zero-order chi connectivity index (χ0) is 18.9. The van der Waals surface area contributed by atoms with Gasteiger partial charge in [0.15, 0.2) is 0 Å². The van der Waals surface area contributed by atoms with E-state index in [2.05, 4.69) is 11.9 Å². The molecule has 0 N–H and O–H groups in total. The number of nitrogens with zero attached hydrogens (tertiary/aromatic N) is 2. The van der Waals surface area contributed by atoms with Crippen molar-refractivity contribution in [1.82, 2.24) is 9.88 Å². The van der Waals surface area contributed by atoms with E-state index in [9.17, 15) is 4.79 Å². The molecule has 5 heteroatoms. The molecule has 2 aliphatic rings. The van der Waals surface area contributed by atoms with Crippen LogP contribution in [-0.2, 0) is 4.74 Å². The molecule has 2 fully saturated rings. The van der Waals surface area contributed by atoms with Gasteiger partial charge in [0.05, 0.1) is 25.9 Å². The van der Waals surface area contributed by atoms with Gasteiger partial charge in [-0.3, -0.25) is 9.78 Å². The Morgan fingerprint density at radius 2 is 2.15 bits per heavy atom. The number of rotatable bonds is 5. The highest BCUT2D eigenvalue weighted by molar-refractivity contribution is 5.95. The maximum absolute atomic E-state index is 12.8. The Kier molecular flexibility index (Phi) is 4.87. The van der Waals surface area contributed by atoms with E-state index in [1.165, 1.54) is 5.56 Å². The van der Waals surface area contributed by atoms with Crippen molar-refractivity contribution in [1.29, 1.82) is 0 Å². The Labute approximate surface area is 160 Å². The quantitative estimate of drug-likeness (QED) is 0.814. The number of pyridine rings is 1. The van der Waals surface area contributed by atoms with Crippen molar-refractivity contribution >= 4 is 5.91 Å². The number of carbonyl (C=O) groups is 1. The molecular formula is C22H26N2O3. The molecule has 1 spiro atoms. The molecule has 1 aromatic carbocycles. The molecule has 27 heavy (non-hydrogen) atoms. The Morgan fingerprint density at radius 3 is 2.89 bits per heavy atom. The second kappa shape index (κ2) is 7.31. The number of ether oxygens (including phenoxy) is 2. The summed E-state index contributed by atoms with van der Waals surface area (Å²) in [6.07, 6.45) is 5.43. The third-order valence-corrected chi connectivity index (χ3v) is 5.93.